The maximum Gasteiger partial charge on any atom is 0.237 e. The monoisotopic (exact) mass is 433 g/mol. The fourth-order valence-electron chi connectivity index (χ4n) is 2.48. The van der Waals surface area contributed by atoms with Gasteiger partial charge in [-0.1, -0.05) is 18.2 Å². The van der Waals surface area contributed by atoms with Crippen LogP contribution in [-0.4, -0.2) is 51.6 Å². The molecule has 0 unspecified atom stereocenters. The lowest BCUT2D eigenvalue weighted by Crippen LogP contribution is -2.44. The van der Waals surface area contributed by atoms with Crippen LogP contribution in [0.3, 0.4) is 0 Å². The van der Waals surface area contributed by atoms with Crippen LogP contribution in [0, 0.1) is 0 Å². The summed E-state index contributed by atoms with van der Waals surface area (Å²) in [6, 6.07) is 8.45. The predicted molar refractivity (Wildman–Crippen MR) is 121 cm³/mol. The quantitative estimate of drug-likeness (QED) is 0.362. The van der Waals surface area contributed by atoms with E-state index in [-0.39, 0.29) is 0 Å². The third-order valence-electron chi connectivity index (χ3n) is 4.26. The molecule has 0 aliphatic carbocycles. The van der Waals surface area contributed by atoms with Gasteiger partial charge in [0.25, 0.3) is 0 Å². The number of anilines is 1. The molecule has 0 heterocycles. The van der Waals surface area contributed by atoms with Crippen molar-refractivity contribution in [3.05, 3.63) is 41.5 Å². The Labute approximate surface area is 182 Å². The van der Waals surface area contributed by atoms with E-state index in [0.29, 0.717) is 28.7 Å². The van der Waals surface area contributed by atoms with Crippen LogP contribution < -0.4 is 36.1 Å². The number of rotatable bonds is 8. The Hall–Kier alpha value is -3.43. The van der Waals surface area contributed by atoms with Gasteiger partial charge < -0.3 is 41.3 Å². The SMILES string of the molecule is COc1ccc(/C=C\c2cc(OC)c(OC)c(OC)c2)cc1N.C[C@@H](O)[C@H](N)C(N)=O. The summed E-state index contributed by atoms with van der Waals surface area (Å²) in [6.45, 7) is 1.41. The Balaban J connectivity index is 0.000000512. The number of hydrogen-bond donors (Lipinski definition) is 4. The minimum Gasteiger partial charge on any atom is -0.495 e. The van der Waals surface area contributed by atoms with E-state index in [9.17, 15) is 4.79 Å². The van der Waals surface area contributed by atoms with Gasteiger partial charge in [0.05, 0.1) is 40.2 Å². The van der Waals surface area contributed by atoms with Crippen molar-refractivity contribution in [1.82, 2.24) is 0 Å². The molecule has 2 atom stereocenters. The normalized spacial score (nSPS) is 12.4. The Morgan fingerprint density at radius 3 is 1.77 bits per heavy atom. The van der Waals surface area contributed by atoms with E-state index in [2.05, 4.69) is 0 Å². The van der Waals surface area contributed by atoms with Crippen LogP contribution in [0.1, 0.15) is 18.1 Å². The highest BCUT2D eigenvalue weighted by Gasteiger charge is 2.14. The van der Waals surface area contributed by atoms with Crippen molar-refractivity contribution in [3.8, 4) is 23.0 Å². The molecule has 2 aromatic rings. The molecule has 0 saturated carbocycles. The summed E-state index contributed by atoms with van der Waals surface area (Å²) in [4.78, 5) is 10.1. The largest absolute Gasteiger partial charge is 0.495 e. The molecule has 0 saturated heterocycles. The van der Waals surface area contributed by atoms with E-state index in [1.54, 1.807) is 28.4 Å². The van der Waals surface area contributed by atoms with Gasteiger partial charge >= 0.3 is 0 Å². The predicted octanol–water partition coefficient (Wildman–Crippen LogP) is 1.65. The summed E-state index contributed by atoms with van der Waals surface area (Å²) in [6.07, 6.45) is 3.05. The summed E-state index contributed by atoms with van der Waals surface area (Å²) in [7, 11) is 6.36. The van der Waals surface area contributed by atoms with Gasteiger partial charge in [-0.15, -0.1) is 0 Å². The number of nitrogens with two attached hydrogens (primary N) is 3. The lowest BCUT2D eigenvalue weighted by atomic mass is 10.1. The minimum absolute atomic E-state index is 0.570. The van der Waals surface area contributed by atoms with Gasteiger partial charge in [0.15, 0.2) is 11.5 Å². The van der Waals surface area contributed by atoms with Crippen LogP contribution in [-0.2, 0) is 4.79 Å². The van der Waals surface area contributed by atoms with Gasteiger partial charge in [-0.3, -0.25) is 4.79 Å². The molecule has 0 spiro atoms. The average molecular weight is 434 g/mol. The number of amides is 1. The first-order valence-electron chi connectivity index (χ1n) is 9.33. The molecule has 0 bridgehead atoms. The number of primary amides is 1. The van der Waals surface area contributed by atoms with E-state index in [1.807, 2.05) is 42.5 Å². The van der Waals surface area contributed by atoms with Gasteiger partial charge in [-0.2, -0.15) is 0 Å². The van der Waals surface area contributed by atoms with Crippen LogP contribution in [0.5, 0.6) is 23.0 Å². The summed E-state index contributed by atoms with van der Waals surface area (Å²) < 4.78 is 21.2. The third kappa shape index (κ3) is 7.40. The molecule has 0 aliphatic rings. The molecule has 0 aromatic heterocycles. The Morgan fingerprint density at radius 2 is 1.42 bits per heavy atom. The number of carbonyl (C=O) groups excluding carboxylic acids is 1. The fourth-order valence-corrected chi connectivity index (χ4v) is 2.48. The molecule has 1 amide bonds. The van der Waals surface area contributed by atoms with Crippen molar-refractivity contribution in [2.24, 2.45) is 11.5 Å². The second kappa shape index (κ2) is 12.3. The number of benzene rings is 2. The topological polar surface area (TPSA) is 152 Å². The highest BCUT2D eigenvalue weighted by atomic mass is 16.5. The first-order chi connectivity index (χ1) is 14.7. The van der Waals surface area contributed by atoms with Crippen LogP contribution in [0.2, 0.25) is 0 Å². The summed E-state index contributed by atoms with van der Waals surface area (Å²) in [5, 5.41) is 8.57. The van der Waals surface area contributed by atoms with Gasteiger partial charge in [-0.05, 0) is 42.3 Å². The zero-order valence-electron chi connectivity index (χ0n) is 18.4. The average Bonchev–Trinajstić information content (AvgIpc) is 2.76. The number of aliphatic hydroxyl groups is 1. The zero-order valence-corrected chi connectivity index (χ0v) is 18.4. The van der Waals surface area contributed by atoms with Gasteiger partial charge in [0.2, 0.25) is 11.7 Å². The third-order valence-corrected chi connectivity index (χ3v) is 4.26. The maximum absolute atomic E-state index is 10.1. The first-order valence-corrected chi connectivity index (χ1v) is 9.33. The van der Waals surface area contributed by atoms with Crippen molar-refractivity contribution in [1.29, 1.82) is 0 Å². The smallest absolute Gasteiger partial charge is 0.237 e. The van der Waals surface area contributed by atoms with Crippen molar-refractivity contribution in [2.45, 2.75) is 19.1 Å². The molecule has 9 heteroatoms. The van der Waals surface area contributed by atoms with Crippen molar-refractivity contribution < 1.29 is 28.8 Å². The number of carbonyl (C=O) groups is 1. The lowest BCUT2D eigenvalue weighted by molar-refractivity contribution is -0.121. The maximum atomic E-state index is 10.1. The fraction of sp³-hybridized carbons (Fsp3) is 0.318. The Bertz CT molecular complexity index is 874. The number of ether oxygens (including phenoxy) is 4. The van der Waals surface area contributed by atoms with Crippen LogP contribution in [0.4, 0.5) is 5.69 Å². The second-order valence-electron chi connectivity index (χ2n) is 6.46. The van der Waals surface area contributed by atoms with Crippen molar-refractivity contribution in [3.63, 3.8) is 0 Å². The zero-order chi connectivity index (χ0) is 23.6. The first kappa shape index (κ1) is 25.6. The molecule has 2 aromatic carbocycles. The van der Waals surface area contributed by atoms with E-state index in [1.165, 1.54) is 6.92 Å². The lowest BCUT2D eigenvalue weighted by Gasteiger charge is -2.12. The molecule has 0 aliphatic heterocycles. The molecule has 2 rings (SSSR count). The van der Waals surface area contributed by atoms with E-state index < -0.39 is 18.1 Å². The van der Waals surface area contributed by atoms with E-state index in [4.69, 9.17) is 41.3 Å². The number of hydrogen-bond acceptors (Lipinski definition) is 8. The van der Waals surface area contributed by atoms with Crippen LogP contribution >= 0.6 is 0 Å². The van der Waals surface area contributed by atoms with Gasteiger partial charge in [0, 0.05) is 0 Å². The van der Waals surface area contributed by atoms with Gasteiger partial charge in [-0.25, -0.2) is 0 Å². The summed E-state index contributed by atoms with van der Waals surface area (Å²) >= 11 is 0. The minimum atomic E-state index is -0.935. The standard InChI is InChI=1S/C18H21NO4.C4H10N2O2/c1-20-15-8-7-12(9-14(15)19)5-6-13-10-16(21-2)18(23-4)17(11-13)22-3;1-2(7)3(5)4(6)8/h5-11H,19H2,1-4H3;2-3,7H,5H2,1H3,(H2,6,8)/b6-5-;/t;2-,3+/m.1/s1. The van der Waals surface area contributed by atoms with E-state index in [0.717, 1.165) is 11.1 Å². The molecule has 31 heavy (non-hydrogen) atoms. The molecular formula is C22H31N3O6. The van der Waals surface area contributed by atoms with Gasteiger partial charge in [0.1, 0.15) is 11.8 Å². The molecule has 7 N–H and O–H groups in total. The number of aliphatic hydroxyl groups excluding tert-OH is 1. The highest BCUT2D eigenvalue weighted by Crippen LogP contribution is 2.38. The number of nitrogen functional groups attached to an aromatic ring is 1. The molecule has 9 nitrogen and oxygen atoms in total. The van der Waals surface area contributed by atoms with E-state index >= 15 is 0 Å². The van der Waals surface area contributed by atoms with Crippen LogP contribution in [0.15, 0.2) is 30.3 Å². The summed E-state index contributed by atoms with van der Waals surface area (Å²) in [5.74, 6) is 1.78. The Kier molecular flexibility index (Phi) is 10.2. The number of methoxy groups -OCH3 is 4. The van der Waals surface area contributed by atoms with Crippen molar-refractivity contribution >= 4 is 23.7 Å². The second-order valence-corrected chi connectivity index (χ2v) is 6.46. The molecule has 0 fully saturated rings. The highest BCUT2D eigenvalue weighted by molar-refractivity contribution is 5.80. The molecular weight excluding hydrogens is 402 g/mol. The molecule has 170 valence electrons. The molecule has 0 radical (unpaired) electrons. The van der Waals surface area contributed by atoms with Crippen molar-refractivity contribution in [2.75, 3.05) is 34.2 Å². The Morgan fingerprint density at radius 1 is 0.903 bits per heavy atom. The van der Waals surface area contributed by atoms with Crippen LogP contribution in [0.25, 0.3) is 12.2 Å². The summed E-state index contributed by atoms with van der Waals surface area (Å²) in [5.41, 5.74) is 18.2.